The van der Waals surface area contributed by atoms with Crippen LogP contribution in [0.25, 0.3) is 6.08 Å². The Labute approximate surface area is 125 Å². The maximum absolute atomic E-state index is 11.6. The Morgan fingerprint density at radius 3 is 2.62 bits per heavy atom. The third kappa shape index (κ3) is 4.41. The second-order valence-electron chi connectivity index (χ2n) is 4.08. The maximum atomic E-state index is 11.6. The van der Waals surface area contributed by atoms with E-state index in [1.54, 1.807) is 47.9 Å². The van der Waals surface area contributed by atoms with Crippen molar-refractivity contribution in [2.75, 3.05) is 6.61 Å². The van der Waals surface area contributed by atoms with E-state index in [1.807, 2.05) is 6.07 Å². The number of carbonyl (C=O) groups excluding carboxylic acids is 2. The van der Waals surface area contributed by atoms with E-state index >= 15 is 0 Å². The van der Waals surface area contributed by atoms with E-state index < -0.39 is 5.97 Å². The fourth-order valence-corrected chi connectivity index (χ4v) is 2.18. The second-order valence-corrected chi connectivity index (χ2v) is 5.02. The molecule has 0 radical (unpaired) electrons. The number of thiophene rings is 1. The van der Waals surface area contributed by atoms with Crippen molar-refractivity contribution in [3.63, 3.8) is 0 Å². The Bertz CT molecular complexity index is 694. The van der Waals surface area contributed by atoms with Crippen LogP contribution in [-0.4, -0.2) is 18.4 Å². The zero-order valence-electron chi connectivity index (χ0n) is 11.0. The number of carbonyl (C=O) groups is 2. The van der Waals surface area contributed by atoms with Gasteiger partial charge in [0.15, 0.2) is 6.61 Å². The lowest BCUT2D eigenvalue weighted by molar-refractivity contribution is -0.136. The van der Waals surface area contributed by atoms with Crippen molar-refractivity contribution in [1.82, 2.24) is 0 Å². The molecule has 0 spiro atoms. The highest BCUT2D eigenvalue weighted by molar-refractivity contribution is 7.12. The molecular weight excluding hydrogens is 286 g/mol. The molecule has 2 aromatic rings. The van der Waals surface area contributed by atoms with Gasteiger partial charge in [0.05, 0.1) is 16.5 Å². The summed E-state index contributed by atoms with van der Waals surface area (Å²) in [6, 6.07) is 12.2. The standard InChI is InChI=1S/C16H11NO3S/c17-10-13-5-3-12(4-6-13)7-8-16(19)20-11-14(18)15-2-1-9-21-15/h1-9H,11H2/b8-7+. The summed E-state index contributed by atoms with van der Waals surface area (Å²) < 4.78 is 4.87. The first-order valence-corrected chi connectivity index (χ1v) is 6.99. The van der Waals surface area contributed by atoms with Gasteiger partial charge in [-0.25, -0.2) is 4.79 Å². The smallest absolute Gasteiger partial charge is 0.331 e. The Hall–Kier alpha value is -2.71. The van der Waals surface area contributed by atoms with Crippen LogP contribution in [0, 0.1) is 11.3 Å². The van der Waals surface area contributed by atoms with Crippen LogP contribution in [0.3, 0.4) is 0 Å². The normalized spacial score (nSPS) is 10.2. The molecule has 1 aromatic heterocycles. The van der Waals surface area contributed by atoms with Crippen molar-refractivity contribution in [3.05, 3.63) is 63.9 Å². The summed E-state index contributed by atoms with van der Waals surface area (Å²) in [6.45, 7) is -0.267. The largest absolute Gasteiger partial charge is 0.454 e. The summed E-state index contributed by atoms with van der Waals surface area (Å²) in [5.74, 6) is -0.797. The number of nitrogens with zero attached hydrogens (tertiary/aromatic N) is 1. The van der Waals surface area contributed by atoms with E-state index in [1.165, 1.54) is 17.4 Å². The molecule has 21 heavy (non-hydrogen) atoms. The van der Waals surface area contributed by atoms with Crippen LogP contribution >= 0.6 is 11.3 Å². The summed E-state index contributed by atoms with van der Waals surface area (Å²) in [5.41, 5.74) is 1.33. The van der Waals surface area contributed by atoms with Gasteiger partial charge in [-0.2, -0.15) is 5.26 Å². The number of rotatable bonds is 5. The molecule has 0 N–H and O–H groups in total. The van der Waals surface area contributed by atoms with E-state index in [9.17, 15) is 9.59 Å². The van der Waals surface area contributed by atoms with Gasteiger partial charge in [0, 0.05) is 6.08 Å². The van der Waals surface area contributed by atoms with Crippen LogP contribution in [-0.2, 0) is 9.53 Å². The first-order chi connectivity index (χ1) is 10.2. The number of ether oxygens (including phenoxy) is 1. The molecule has 104 valence electrons. The molecule has 0 aliphatic rings. The third-order valence-corrected chi connectivity index (χ3v) is 3.50. The minimum absolute atomic E-state index is 0.217. The van der Waals surface area contributed by atoms with Crippen LogP contribution in [0.2, 0.25) is 0 Å². The lowest BCUT2D eigenvalue weighted by Gasteiger charge is -1.99. The highest BCUT2D eigenvalue weighted by atomic mass is 32.1. The monoisotopic (exact) mass is 297 g/mol. The number of hydrogen-bond acceptors (Lipinski definition) is 5. The summed E-state index contributed by atoms with van der Waals surface area (Å²) in [6.07, 6.45) is 2.82. The zero-order valence-corrected chi connectivity index (χ0v) is 11.8. The molecule has 0 aliphatic heterocycles. The topological polar surface area (TPSA) is 67.2 Å². The summed E-state index contributed by atoms with van der Waals surface area (Å²) in [4.78, 5) is 23.7. The highest BCUT2D eigenvalue weighted by Crippen LogP contribution is 2.09. The number of hydrogen-bond donors (Lipinski definition) is 0. The van der Waals surface area contributed by atoms with Crippen molar-refractivity contribution >= 4 is 29.2 Å². The van der Waals surface area contributed by atoms with Gasteiger partial charge in [0.2, 0.25) is 5.78 Å². The molecule has 1 heterocycles. The number of ketones is 1. The molecule has 0 fully saturated rings. The van der Waals surface area contributed by atoms with Gasteiger partial charge in [-0.1, -0.05) is 18.2 Å². The molecule has 0 bridgehead atoms. The molecule has 2 rings (SSSR count). The van der Waals surface area contributed by atoms with Gasteiger partial charge >= 0.3 is 5.97 Å². The summed E-state index contributed by atoms with van der Waals surface area (Å²) in [7, 11) is 0. The van der Waals surface area contributed by atoms with Gasteiger partial charge < -0.3 is 4.74 Å². The van der Waals surface area contributed by atoms with Crippen LogP contribution in [0.4, 0.5) is 0 Å². The number of Topliss-reactive ketones (excluding diaryl/α,β-unsaturated/α-hetero) is 1. The highest BCUT2D eigenvalue weighted by Gasteiger charge is 2.08. The fourth-order valence-electron chi connectivity index (χ4n) is 1.53. The second kappa shape index (κ2) is 7.17. The van der Waals surface area contributed by atoms with Crippen molar-refractivity contribution < 1.29 is 14.3 Å². The van der Waals surface area contributed by atoms with E-state index in [-0.39, 0.29) is 12.4 Å². The molecule has 0 atom stereocenters. The first-order valence-electron chi connectivity index (χ1n) is 6.11. The molecule has 5 heteroatoms. The molecule has 0 saturated heterocycles. The SMILES string of the molecule is N#Cc1ccc(/C=C/C(=O)OCC(=O)c2cccs2)cc1. The summed E-state index contributed by atoms with van der Waals surface area (Å²) in [5, 5.41) is 10.5. The molecule has 0 amide bonds. The minimum Gasteiger partial charge on any atom is -0.454 e. The number of benzene rings is 1. The lowest BCUT2D eigenvalue weighted by atomic mass is 10.1. The first kappa shape index (κ1) is 14.7. The van der Waals surface area contributed by atoms with Crippen molar-refractivity contribution in [3.8, 4) is 6.07 Å². The molecule has 0 unspecified atom stereocenters. The van der Waals surface area contributed by atoms with Gasteiger partial charge in [0.1, 0.15) is 0 Å². The van der Waals surface area contributed by atoms with Gasteiger partial charge in [-0.15, -0.1) is 11.3 Å². The predicted octanol–water partition coefficient (Wildman–Crippen LogP) is 3.06. The minimum atomic E-state index is -0.579. The number of nitriles is 1. The molecule has 1 aromatic carbocycles. The number of esters is 1. The van der Waals surface area contributed by atoms with Crippen molar-refractivity contribution in [2.45, 2.75) is 0 Å². The van der Waals surface area contributed by atoms with Crippen molar-refractivity contribution in [1.29, 1.82) is 5.26 Å². The fraction of sp³-hybridized carbons (Fsp3) is 0.0625. The van der Waals surface area contributed by atoms with Crippen LogP contribution in [0.5, 0.6) is 0 Å². The summed E-state index contributed by atoms with van der Waals surface area (Å²) >= 11 is 1.31. The van der Waals surface area contributed by atoms with Gasteiger partial charge in [-0.05, 0) is 35.2 Å². The molecule has 0 saturated carbocycles. The van der Waals surface area contributed by atoms with Crippen molar-refractivity contribution in [2.24, 2.45) is 0 Å². The van der Waals surface area contributed by atoms with Gasteiger partial charge in [0.25, 0.3) is 0 Å². The Balaban J connectivity index is 1.85. The van der Waals surface area contributed by atoms with Gasteiger partial charge in [-0.3, -0.25) is 4.79 Å². The average molecular weight is 297 g/mol. The van der Waals surface area contributed by atoms with E-state index in [2.05, 4.69) is 0 Å². The predicted molar refractivity (Wildman–Crippen MR) is 79.8 cm³/mol. The maximum Gasteiger partial charge on any atom is 0.331 e. The van der Waals surface area contributed by atoms with Crippen LogP contribution in [0.1, 0.15) is 20.8 Å². The van der Waals surface area contributed by atoms with E-state index in [0.717, 1.165) is 5.56 Å². The van der Waals surface area contributed by atoms with E-state index in [4.69, 9.17) is 10.00 Å². The Morgan fingerprint density at radius 2 is 2.00 bits per heavy atom. The average Bonchev–Trinajstić information content (AvgIpc) is 3.05. The zero-order chi connectivity index (χ0) is 15.1. The van der Waals surface area contributed by atoms with Crippen LogP contribution in [0.15, 0.2) is 47.9 Å². The van der Waals surface area contributed by atoms with Crippen LogP contribution < -0.4 is 0 Å². The molecular formula is C16H11NO3S. The Kier molecular flexibility index (Phi) is 5.02. The van der Waals surface area contributed by atoms with E-state index in [0.29, 0.717) is 10.4 Å². The third-order valence-electron chi connectivity index (χ3n) is 2.59. The Morgan fingerprint density at radius 1 is 1.24 bits per heavy atom. The molecule has 0 aliphatic carbocycles. The quantitative estimate of drug-likeness (QED) is 0.483. The molecule has 4 nitrogen and oxygen atoms in total. The lowest BCUT2D eigenvalue weighted by Crippen LogP contribution is -2.11.